The number of hydrogen-bond acceptors (Lipinski definition) is 3. The monoisotopic (exact) mass is 292 g/mol. The number of amides is 2. The van der Waals surface area contributed by atoms with Gasteiger partial charge in [0.15, 0.2) is 0 Å². The van der Waals surface area contributed by atoms with Gasteiger partial charge in [0.2, 0.25) is 0 Å². The molecule has 0 saturated carbocycles. The molecule has 21 heavy (non-hydrogen) atoms. The second-order valence-electron chi connectivity index (χ2n) is 5.81. The predicted octanol–water partition coefficient (Wildman–Crippen LogP) is 1.07. The van der Waals surface area contributed by atoms with Crippen LogP contribution >= 0.6 is 0 Å². The van der Waals surface area contributed by atoms with Crippen LogP contribution in [0.15, 0.2) is 6.33 Å². The van der Waals surface area contributed by atoms with Crippen molar-refractivity contribution in [2.24, 2.45) is 5.92 Å². The van der Waals surface area contributed by atoms with Crippen molar-refractivity contribution in [3.8, 4) is 0 Å². The Morgan fingerprint density at radius 2 is 2.33 bits per heavy atom. The molecule has 0 aromatic carbocycles. The molecule has 2 atom stereocenters. The number of fused-ring (bicyclic) bond motifs is 1. The number of carboxylic acid groups (broad SMARTS) is 1. The van der Waals surface area contributed by atoms with Crippen molar-refractivity contribution in [1.82, 2.24) is 19.8 Å². The van der Waals surface area contributed by atoms with Gasteiger partial charge in [-0.25, -0.2) is 14.6 Å². The number of imidazole rings is 1. The van der Waals surface area contributed by atoms with E-state index < -0.39 is 12.0 Å². The van der Waals surface area contributed by atoms with Gasteiger partial charge in [0.1, 0.15) is 6.04 Å². The van der Waals surface area contributed by atoms with Gasteiger partial charge >= 0.3 is 12.0 Å². The van der Waals surface area contributed by atoms with E-state index in [0.29, 0.717) is 12.5 Å². The maximum Gasteiger partial charge on any atom is 0.326 e. The highest BCUT2D eigenvalue weighted by molar-refractivity contribution is 5.83. The largest absolute Gasteiger partial charge is 0.480 e. The van der Waals surface area contributed by atoms with Crippen LogP contribution in [0.4, 0.5) is 4.79 Å². The topological polar surface area (TPSA) is 89.5 Å². The van der Waals surface area contributed by atoms with Crippen LogP contribution in [0.25, 0.3) is 0 Å². The minimum atomic E-state index is -0.969. The molecule has 2 N–H and O–H groups in total. The molecular formula is C14H20N4O3. The number of carboxylic acids is 1. The summed E-state index contributed by atoms with van der Waals surface area (Å²) in [5, 5.41) is 9.41. The molecule has 0 bridgehead atoms. The van der Waals surface area contributed by atoms with Crippen molar-refractivity contribution in [3.63, 3.8) is 0 Å². The Labute approximate surface area is 122 Å². The molecular weight excluding hydrogens is 272 g/mol. The van der Waals surface area contributed by atoms with Gasteiger partial charge in [-0.15, -0.1) is 0 Å². The maximum atomic E-state index is 12.7. The highest BCUT2D eigenvalue weighted by atomic mass is 16.4. The van der Waals surface area contributed by atoms with Crippen LogP contribution in [0.3, 0.4) is 0 Å². The molecule has 2 unspecified atom stereocenters. The maximum absolute atomic E-state index is 12.7. The molecule has 7 nitrogen and oxygen atoms in total. The summed E-state index contributed by atoms with van der Waals surface area (Å²) in [6, 6.07) is -0.993. The Hall–Kier alpha value is -2.05. The highest BCUT2D eigenvalue weighted by Gasteiger charge is 2.39. The van der Waals surface area contributed by atoms with Crippen molar-refractivity contribution in [2.45, 2.75) is 38.8 Å². The molecule has 3 rings (SSSR count). The summed E-state index contributed by atoms with van der Waals surface area (Å²) in [5.74, 6) is -0.437. The van der Waals surface area contributed by atoms with Crippen molar-refractivity contribution < 1.29 is 14.7 Å². The first-order valence-corrected chi connectivity index (χ1v) is 7.39. The molecule has 114 valence electrons. The SMILES string of the molecule is CCC1CCN(C(=O)N2Cc3[nH]cnc3CC2C(=O)O)C1. The van der Waals surface area contributed by atoms with E-state index in [1.54, 1.807) is 11.2 Å². The molecule has 0 radical (unpaired) electrons. The second-order valence-corrected chi connectivity index (χ2v) is 5.81. The number of nitrogens with zero attached hydrogens (tertiary/aromatic N) is 3. The summed E-state index contributed by atoms with van der Waals surface area (Å²) in [5.41, 5.74) is 1.59. The standard InChI is InChI=1S/C14H20N4O3/c1-2-9-3-4-17(6-9)14(21)18-7-11-10(15-8-16-11)5-12(18)13(19)20/h8-9,12H,2-7H2,1H3,(H,15,16)(H,19,20). The number of carbonyl (C=O) groups is 2. The molecule has 2 amide bonds. The van der Waals surface area contributed by atoms with Crippen molar-refractivity contribution >= 4 is 12.0 Å². The number of rotatable bonds is 2. The molecule has 1 aromatic heterocycles. The highest BCUT2D eigenvalue weighted by Crippen LogP contribution is 2.25. The quantitative estimate of drug-likeness (QED) is 0.853. The number of carbonyl (C=O) groups excluding carboxylic acids is 1. The number of urea groups is 1. The van der Waals surface area contributed by atoms with Gasteiger partial charge in [-0.1, -0.05) is 13.3 Å². The molecule has 3 heterocycles. The fourth-order valence-electron chi connectivity index (χ4n) is 3.18. The van der Waals surface area contributed by atoms with Crippen LogP contribution in [0.5, 0.6) is 0 Å². The van der Waals surface area contributed by atoms with E-state index in [2.05, 4.69) is 16.9 Å². The van der Waals surface area contributed by atoms with Crippen molar-refractivity contribution in [2.75, 3.05) is 13.1 Å². The molecule has 7 heteroatoms. The number of hydrogen-bond donors (Lipinski definition) is 2. The van der Waals surface area contributed by atoms with Gasteiger partial charge in [-0.2, -0.15) is 0 Å². The smallest absolute Gasteiger partial charge is 0.326 e. The summed E-state index contributed by atoms with van der Waals surface area (Å²) < 4.78 is 0. The zero-order chi connectivity index (χ0) is 15.0. The van der Waals surface area contributed by atoms with Gasteiger partial charge < -0.3 is 19.9 Å². The van der Waals surface area contributed by atoms with Crippen LogP contribution in [0, 0.1) is 5.92 Å². The van der Waals surface area contributed by atoms with Crippen LogP contribution in [-0.4, -0.2) is 56.0 Å². The summed E-state index contributed by atoms with van der Waals surface area (Å²) in [7, 11) is 0. The lowest BCUT2D eigenvalue weighted by atomic mass is 10.0. The molecule has 0 aliphatic carbocycles. The van der Waals surface area contributed by atoms with Gasteiger partial charge in [-0.05, 0) is 12.3 Å². The molecule has 1 saturated heterocycles. The molecule has 1 aromatic rings. The average molecular weight is 292 g/mol. The summed E-state index contributed by atoms with van der Waals surface area (Å²) >= 11 is 0. The van der Waals surface area contributed by atoms with Crippen LogP contribution < -0.4 is 0 Å². The first-order valence-electron chi connectivity index (χ1n) is 7.39. The van der Waals surface area contributed by atoms with E-state index in [1.165, 1.54) is 4.90 Å². The summed E-state index contributed by atoms with van der Waals surface area (Å²) in [4.78, 5) is 34.5. The third-order valence-corrected chi connectivity index (χ3v) is 4.56. The Balaban J connectivity index is 1.79. The van der Waals surface area contributed by atoms with Crippen LogP contribution in [-0.2, 0) is 17.8 Å². The number of nitrogens with one attached hydrogen (secondary N) is 1. The number of H-pyrrole nitrogens is 1. The van der Waals surface area contributed by atoms with E-state index in [0.717, 1.165) is 37.3 Å². The van der Waals surface area contributed by atoms with Crippen molar-refractivity contribution in [3.05, 3.63) is 17.7 Å². The minimum absolute atomic E-state index is 0.168. The van der Waals surface area contributed by atoms with Crippen molar-refractivity contribution in [1.29, 1.82) is 0 Å². The van der Waals surface area contributed by atoms with E-state index in [9.17, 15) is 14.7 Å². The third-order valence-electron chi connectivity index (χ3n) is 4.56. The van der Waals surface area contributed by atoms with Gasteiger partial charge in [0.25, 0.3) is 0 Å². The molecule has 1 fully saturated rings. The normalized spacial score (nSPS) is 25.0. The van der Waals surface area contributed by atoms with E-state index in [4.69, 9.17) is 0 Å². The van der Waals surface area contributed by atoms with Crippen LogP contribution in [0.2, 0.25) is 0 Å². The number of aromatic amines is 1. The lowest BCUT2D eigenvalue weighted by molar-refractivity contribution is -0.142. The van der Waals surface area contributed by atoms with E-state index in [1.807, 2.05) is 0 Å². The zero-order valence-corrected chi connectivity index (χ0v) is 12.1. The summed E-state index contributed by atoms with van der Waals surface area (Å²) in [6.07, 6.45) is 3.88. The predicted molar refractivity (Wildman–Crippen MR) is 74.6 cm³/mol. The average Bonchev–Trinajstić information content (AvgIpc) is 3.13. The first kappa shape index (κ1) is 13.9. The number of aromatic nitrogens is 2. The van der Waals surface area contributed by atoms with Gasteiger partial charge in [0, 0.05) is 19.5 Å². The number of aliphatic carboxylic acids is 1. The Bertz CT molecular complexity index is 556. The molecule has 2 aliphatic rings. The Morgan fingerprint density at radius 3 is 3.00 bits per heavy atom. The molecule has 2 aliphatic heterocycles. The Morgan fingerprint density at radius 1 is 1.52 bits per heavy atom. The zero-order valence-electron chi connectivity index (χ0n) is 12.1. The number of likely N-dealkylation sites (tertiary alicyclic amines) is 1. The lowest BCUT2D eigenvalue weighted by Crippen LogP contribution is -2.53. The minimum Gasteiger partial charge on any atom is -0.480 e. The Kier molecular flexibility index (Phi) is 3.57. The van der Waals surface area contributed by atoms with Gasteiger partial charge in [-0.3, -0.25) is 0 Å². The third kappa shape index (κ3) is 2.48. The second kappa shape index (κ2) is 5.38. The van der Waals surface area contributed by atoms with Gasteiger partial charge in [0.05, 0.1) is 24.3 Å². The van der Waals surface area contributed by atoms with E-state index in [-0.39, 0.29) is 12.5 Å². The first-order chi connectivity index (χ1) is 10.1. The molecule has 0 spiro atoms. The fraction of sp³-hybridized carbons (Fsp3) is 0.643. The van der Waals surface area contributed by atoms with E-state index >= 15 is 0 Å². The fourth-order valence-corrected chi connectivity index (χ4v) is 3.18. The van der Waals surface area contributed by atoms with Crippen LogP contribution in [0.1, 0.15) is 31.2 Å². The lowest BCUT2D eigenvalue weighted by Gasteiger charge is -2.35. The summed E-state index contributed by atoms with van der Waals surface area (Å²) in [6.45, 7) is 3.86.